The molecule has 0 aromatic heterocycles. The van der Waals surface area contributed by atoms with E-state index in [-0.39, 0.29) is 10.6 Å². The first kappa shape index (κ1) is 12.9. The molecule has 0 amide bonds. The van der Waals surface area contributed by atoms with Crippen molar-refractivity contribution in [2.45, 2.75) is 5.75 Å². The van der Waals surface area contributed by atoms with Crippen molar-refractivity contribution in [2.75, 3.05) is 5.75 Å². The van der Waals surface area contributed by atoms with Crippen molar-refractivity contribution in [3.63, 3.8) is 0 Å². The van der Waals surface area contributed by atoms with Crippen LogP contribution in [0.2, 0.25) is 5.02 Å². The lowest BCUT2D eigenvalue weighted by Gasteiger charge is -2.04. The summed E-state index contributed by atoms with van der Waals surface area (Å²) < 4.78 is 35.4. The van der Waals surface area contributed by atoms with Crippen LogP contribution in [0.1, 0.15) is 5.56 Å². The topological polar surface area (TPSA) is 71.4 Å². The fourth-order valence-corrected chi connectivity index (χ4v) is 2.58. The number of aliphatic carboxylic acids is 1. The Balaban J connectivity index is 2.96. The summed E-state index contributed by atoms with van der Waals surface area (Å²) >= 11 is 5.66. The van der Waals surface area contributed by atoms with Gasteiger partial charge in [-0.2, -0.15) is 0 Å². The van der Waals surface area contributed by atoms with E-state index >= 15 is 0 Å². The molecule has 1 N–H and O–H groups in total. The van der Waals surface area contributed by atoms with Gasteiger partial charge in [-0.15, -0.1) is 0 Å². The smallest absolute Gasteiger partial charge is 0.318 e. The molecule has 7 heteroatoms. The average molecular weight is 267 g/mol. The molecule has 0 saturated heterocycles. The number of carboxylic acids is 1. The summed E-state index contributed by atoms with van der Waals surface area (Å²) in [5, 5.41) is 8.46. The van der Waals surface area contributed by atoms with Gasteiger partial charge in [-0.25, -0.2) is 12.8 Å². The molecule has 1 aromatic rings. The van der Waals surface area contributed by atoms with E-state index in [1.807, 2.05) is 0 Å². The van der Waals surface area contributed by atoms with Gasteiger partial charge in [0.1, 0.15) is 11.6 Å². The van der Waals surface area contributed by atoms with Crippen LogP contribution in [0.3, 0.4) is 0 Å². The van der Waals surface area contributed by atoms with E-state index in [0.717, 1.165) is 12.1 Å². The van der Waals surface area contributed by atoms with E-state index in [0.29, 0.717) is 0 Å². The van der Waals surface area contributed by atoms with E-state index in [2.05, 4.69) is 0 Å². The van der Waals surface area contributed by atoms with Gasteiger partial charge in [-0.3, -0.25) is 4.79 Å². The molecule has 0 atom stereocenters. The van der Waals surface area contributed by atoms with Crippen molar-refractivity contribution in [1.82, 2.24) is 0 Å². The third kappa shape index (κ3) is 3.79. The summed E-state index contributed by atoms with van der Waals surface area (Å²) in [6.45, 7) is 0. The average Bonchev–Trinajstić information content (AvgIpc) is 2.08. The maximum absolute atomic E-state index is 12.8. The maximum Gasteiger partial charge on any atom is 0.318 e. The minimum absolute atomic E-state index is 0.0583. The molecule has 0 fully saturated rings. The number of halogens is 2. The fourth-order valence-electron chi connectivity index (χ4n) is 1.13. The molecule has 16 heavy (non-hydrogen) atoms. The molecule has 0 bridgehead atoms. The molecule has 1 aromatic carbocycles. The SMILES string of the molecule is O=C(O)CS(=O)(=O)Cc1cc(F)ccc1Cl. The van der Waals surface area contributed by atoms with Crippen LogP contribution >= 0.6 is 11.6 Å². The summed E-state index contributed by atoms with van der Waals surface area (Å²) in [5.74, 6) is -3.66. The first-order valence-corrected chi connectivity index (χ1v) is 6.36. The third-order valence-corrected chi connectivity index (χ3v) is 3.53. The second-order valence-corrected chi connectivity index (χ2v) is 5.63. The summed E-state index contributed by atoms with van der Waals surface area (Å²) in [4.78, 5) is 10.3. The molecule has 0 heterocycles. The van der Waals surface area contributed by atoms with Gasteiger partial charge in [-0.1, -0.05) is 11.6 Å². The number of hydrogen-bond acceptors (Lipinski definition) is 3. The van der Waals surface area contributed by atoms with Crippen LogP contribution in [-0.2, 0) is 20.4 Å². The molecule has 0 aliphatic heterocycles. The largest absolute Gasteiger partial charge is 0.480 e. The molecule has 1 rings (SSSR count). The number of sulfone groups is 1. The van der Waals surface area contributed by atoms with Crippen LogP contribution in [0.5, 0.6) is 0 Å². The zero-order valence-electron chi connectivity index (χ0n) is 7.98. The monoisotopic (exact) mass is 266 g/mol. The molecule has 4 nitrogen and oxygen atoms in total. The zero-order valence-corrected chi connectivity index (χ0v) is 9.55. The lowest BCUT2D eigenvalue weighted by molar-refractivity contribution is -0.134. The van der Waals surface area contributed by atoms with E-state index in [4.69, 9.17) is 16.7 Å². The molecule has 0 spiro atoms. The van der Waals surface area contributed by atoms with Gasteiger partial charge in [0.15, 0.2) is 9.84 Å². The lowest BCUT2D eigenvalue weighted by Crippen LogP contribution is -2.17. The highest BCUT2D eigenvalue weighted by Crippen LogP contribution is 2.19. The molecule has 0 radical (unpaired) electrons. The highest BCUT2D eigenvalue weighted by molar-refractivity contribution is 7.91. The van der Waals surface area contributed by atoms with Crippen molar-refractivity contribution >= 4 is 27.4 Å². The minimum atomic E-state index is -3.82. The minimum Gasteiger partial charge on any atom is -0.480 e. The van der Waals surface area contributed by atoms with Gasteiger partial charge in [-0.05, 0) is 23.8 Å². The van der Waals surface area contributed by atoms with Gasteiger partial charge < -0.3 is 5.11 Å². The Morgan fingerprint density at radius 1 is 1.44 bits per heavy atom. The maximum atomic E-state index is 12.8. The van der Waals surface area contributed by atoms with Gasteiger partial charge in [0.25, 0.3) is 0 Å². The quantitative estimate of drug-likeness (QED) is 0.896. The first-order chi connectivity index (χ1) is 7.30. The first-order valence-electron chi connectivity index (χ1n) is 4.16. The molecule has 0 aliphatic rings. The number of rotatable bonds is 4. The van der Waals surface area contributed by atoms with Gasteiger partial charge in [0.2, 0.25) is 0 Å². The van der Waals surface area contributed by atoms with Crippen LogP contribution in [0.25, 0.3) is 0 Å². The van der Waals surface area contributed by atoms with Crippen LogP contribution in [0.4, 0.5) is 4.39 Å². The highest BCUT2D eigenvalue weighted by Gasteiger charge is 2.18. The second kappa shape index (κ2) is 4.80. The van der Waals surface area contributed by atoms with Crippen LogP contribution < -0.4 is 0 Å². The van der Waals surface area contributed by atoms with Crippen molar-refractivity contribution in [3.05, 3.63) is 34.6 Å². The normalized spacial score (nSPS) is 11.4. The number of hydrogen-bond donors (Lipinski definition) is 1. The van der Waals surface area contributed by atoms with Crippen LogP contribution in [0.15, 0.2) is 18.2 Å². The van der Waals surface area contributed by atoms with E-state index in [1.165, 1.54) is 6.07 Å². The Bertz CT molecular complexity index is 512. The molecule has 88 valence electrons. The Labute approximate surface area is 96.6 Å². The van der Waals surface area contributed by atoms with E-state index in [9.17, 15) is 17.6 Å². The van der Waals surface area contributed by atoms with Crippen molar-refractivity contribution < 1.29 is 22.7 Å². The number of benzene rings is 1. The molecular formula is C9H8ClFO4S. The van der Waals surface area contributed by atoms with Crippen LogP contribution in [-0.4, -0.2) is 25.2 Å². The standard InChI is InChI=1S/C9H8ClFO4S/c10-8-2-1-7(11)3-6(8)4-16(14,15)5-9(12)13/h1-3H,4-5H2,(H,12,13). The molecule has 0 unspecified atom stereocenters. The Hall–Kier alpha value is -1.14. The summed E-state index contributed by atoms with van der Waals surface area (Å²) in [7, 11) is -3.82. The lowest BCUT2D eigenvalue weighted by atomic mass is 10.2. The predicted octanol–water partition coefficient (Wildman–Crippen LogP) is 1.48. The zero-order chi connectivity index (χ0) is 12.3. The van der Waals surface area contributed by atoms with Crippen molar-refractivity contribution in [1.29, 1.82) is 0 Å². The van der Waals surface area contributed by atoms with Crippen LogP contribution in [0, 0.1) is 5.82 Å². The van der Waals surface area contributed by atoms with E-state index < -0.39 is 33.1 Å². The molecular weight excluding hydrogens is 259 g/mol. The van der Waals surface area contributed by atoms with Crippen molar-refractivity contribution in [2.24, 2.45) is 0 Å². The third-order valence-electron chi connectivity index (χ3n) is 1.73. The van der Waals surface area contributed by atoms with Gasteiger partial charge in [0, 0.05) is 5.02 Å². The molecule has 0 aliphatic carbocycles. The number of carbonyl (C=O) groups is 1. The molecule has 0 saturated carbocycles. The Morgan fingerprint density at radius 3 is 2.62 bits per heavy atom. The highest BCUT2D eigenvalue weighted by atomic mass is 35.5. The van der Waals surface area contributed by atoms with Crippen molar-refractivity contribution in [3.8, 4) is 0 Å². The van der Waals surface area contributed by atoms with Gasteiger partial charge in [0.05, 0.1) is 5.75 Å². The van der Waals surface area contributed by atoms with E-state index in [1.54, 1.807) is 0 Å². The Kier molecular flexibility index (Phi) is 3.88. The predicted molar refractivity (Wildman–Crippen MR) is 56.5 cm³/mol. The summed E-state index contributed by atoms with van der Waals surface area (Å²) in [6.07, 6.45) is 0. The fraction of sp³-hybridized carbons (Fsp3) is 0.222. The summed E-state index contributed by atoms with van der Waals surface area (Å²) in [6, 6.07) is 3.29. The summed E-state index contributed by atoms with van der Waals surface area (Å²) in [5.41, 5.74) is 0.0583. The van der Waals surface area contributed by atoms with Gasteiger partial charge >= 0.3 is 5.97 Å². The number of carboxylic acid groups (broad SMARTS) is 1. The Morgan fingerprint density at radius 2 is 2.06 bits per heavy atom. The second-order valence-electron chi connectivity index (χ2n) is 3.16.